The Balaban J connectivity index is 1.12. The van der Waals surface area contributed by atoms with Crippen molar-refractivity contribution >= 4 is 17.3 Å². The first-order valence-corrected chi connectivity index (χ1v) is 12.0. The molecule has 1 spiro atoms. The molecule has 2 aliphatic heterocycles. The average molecular weight is 452 g/mol. The molecule has 0 radical (unpaired) electrons. The first-order valence-electron chi connectivity index (χ1n) is 12.0. The number of morpholine rings is 1. The van der Waals surface area contributed by atoms with Gasteiger partial charge < -0.3 is 24.4 Å². The van der Waals surface area contributed by atoms with Gasteiger partial charge in [0.15, 0.2) is 11.5 Å². The van der Waals surface area contributed by atoms with Crippen LogP contribution in [0.4, 0.5) is 11.4 Å². The average Bonchev–Trinajstić information content (AvgIpc) is 3.16. The van der Waals surface area contributed by atoms with Crippen LogP contribution in [-0.2, 0) is 16.1 Å². The molecule has 5 rings (SSSR count). The molecule has 0 unspecified atom stereocenters. The zero-order valence-corrected chi connectivity index (χ0v) is 19.3. The second kappa shape index (κ2) is 9.61. The number of fused-ring (bicyclic) bond motifs is 1. The highest BCUT2D eigenvalue weighted by Gasteiger charge is 2.42. The number of nitrogens with zero attached hydrogens (tertiary/aromatic N) is 2. The van der Waals surface area contributed by atoms with E-state index < -0.39 is 5.79 Å². The molecule has 1 amide bonds. The minimum atomic E-state index is -0.499. The highest BCUT2D eigenvalue weighted by molar-refractivity contribution is 5.92. The molecule has 33 heavy (non-hydrogen) atoms. The van der Waals surface area contributed by atoms with Crippen molar-refractivity contribution in [2.75, 3.05) is 50.1 Å². The summed E-state index contributed by atoms with van der Waals surface area (Å²) < 4.78 is 17.7. The summed E-state index contributed by atoms with van der Waals surface area (Å²) >= 11 is 0. The van der Waals surface area contributed by atoms with Crippen LogP contribution in [-0.4, -0.2) is 56.5 Å². The maximum absolute atomic E-state index is 12.6. The molecule has 0 aromatic heterocycles. The van der Waals surface area contributed by atoms with E-state index >= 15 is 0 Å². The van der Waals surface area contributed by atoms with Gasteiger partial charge in [-0.25, -0.2) is 0 Å². The quantitative estimate of drug-likeness (QED) is 0.716. The van der Waals surface area contributed by atoms with Gasteiger partial charge in [0.2, 0.25) is 5.91 Å². The number of hydrogen-bond donors (Lipinski definition) is 1. The van der Waals surface area contributed by atoms with Crippen molar-refractivity contribution in [3.8, 4) is 11.5 Å². The summed E-state index contributed by atoms with van der Waals surface area (Å²) in [6.45, 7) is 4.44. The Morgan fingerprint density at radius 2 is 1.73 bits per heavy atom. The molecule has 3 aliphatic rings. The molecule has 2 aromatic rings. The number of amides is 1. The summed E-state index contributed by atoms with van der Waals surface area (Å²) in [5.74, 6) is 0.949. The Kier molecular flexibility index (Phi) is 6.42. The molecule has 1 saturated carbocycles. The number of anilines is 2. The molecule has 2 aromatic carbocycles. The van der Waals surface area contributed by atoms with Crippen molar-refractivity contribution in [1.82, 2.24) is 4.90 Å². The molecule has 7 nitrogen and oxygen atoms in total. The molecule has 0 bridgehead atoms. The maximum atomic E-state index is 12.6. The lowest BCUT2D eigenvalue weighted by Crippen LogP contribution is -2.40. The van der Waals surface area contributed by atoms with Crippen molar-refractivity contribution in [1.29, 1.82) is 0 Å². The fourth-order valence-corrected chi connectivity index (χ4v) is 4.91. The molecule has 7 heteroatoms. The van der Waals surface area contributed by atoms with Gasteiger partial charge in [0, 0.05) is 49.9 Å². The molecule has 2 fully saturated rings. The van der Waals surface area contributed by atoms with Crippen LogP contribution < -0.4 is 19.7 Å². The third-order valence-electron chi connectivity index (χ3n) is 6.61. The van der Waals surface area contributed by atoms with Gasteiger partial charge in [0.25, 0.3) is 5.79 Å². The Morgan fingerprint density at radius 1 is 1.00 bits per heavy atom. The van der Waals surface area contributed by atoms with E-state index in [1.807, 2.05) is 30.1 Å². The maximum Gasteiger partial charge on any atom is 0.251 e. The second-order valence-corrected chi connectivity index (χ2v) is 9.32. The number of benzene rings is 2. The number of ether oxygens (including phenoxy) is 3. The smallest absolute Gasteiger partial charge is 0.251 e. The lowest BCUT2D eigenvalue weighted by Gasteiger charge is -2.31. The van der Waals surface area contributed by atoms with Gasteiger partial charge in [0.05, 0.1) is 19.8 Å². The third kappa shape index (κ3) is 5.25. The highest BCUT2D eigenvalue weighted by Crippen LogP contribution is 2.46. The van der Waals surface area contributed by atoms with Gasteiger partial charge in [-0.15, -0.1) is 0 Å². The summed E-state index contributed by atoms with van der Waals surface area (Å²) in [6.07, 6.45) is 5.32. The first-order chi connectivity index (χ1) is 16.1. The fraction of sp³-hybridized carbons (Fsp3) is 0.500. The number of rotatable bonds is 6. The summed E-state index contributed by atoms with van der Waals surface area (Å²) in [5.41, 5.74) is 3.14. The Morgan fingerprint density at radius 3 is 2.48 bits per heavy atom. The van der Waals surface area contributed by atoms with E-state index in [-0.39, 0.29) is 5.91 Å². The van der Waals surface area contributed by atoms with Crippen molar-refractivity contribution in [2.45, 2.75) is 44.4 Å². The molecule has 176 valence electrons. The van der Waals surface area contributed by atoms with Crippen LogP contribution in [0.3, 0.4) is 0 Å². The number of carbonyl (C=O) groups excluding carboxylic acids is 1. The Bertz CT molecular complexity index is 966. The van der Waals surface area contributed by atoms with Crippen LogP contribution >= 0.6 is 0 Å². The summed E-state index contributed by atoms with van der Waals surface area (Å²) in [6, 6.07) is 14.2. The standard InChI is InChI=1S/C26H33N3O4/c1-28(18-20-5-8-22(9-6-20)29-13-15-31-16-14-29)19-25(30)27-21-7-10-23-24(17-21)33-26(32-23)11-3-2-4-12-26/h5-10,17H,2-4,11-16,18-19H2,1H3,(H,27,30). The van der Waals surface area contributed by atoms with Gasteiger partial charge in [-0.1, -0.05) is 18.6 Å². The molecule has 1 saturated heterocycles. The Labute approximate surface area is 195 Å². The summed E-state index contributed by atoms with van der Waals surface area (Å²) in [5, 5.41) is 3.00. The lowest BCUT2D eigenvalue weighted by atomic mass is 9.94. The second-order valence-electron chi connectivity index (χ2n) is 9.32. The van der Waals surface area contributed by atoms with Gasteiger partial charge >= 0.3 is 0 Å². The predicted molar refractivity (Wildman–Crippen MR) is 128 cm³/mol. The summed E-state index contributed by atoms with van der Waals surface area (Å²) in [7, 11) is 1.96. The van der Waals surface area contributed by atoms with Gasteiger partial charge in [-0.2, -0.15) is 0 Å². The molecule has 0 atom stereocenters. The minimum absolute atomic E-state index is 0.0475. The lowest BCUT2D eigenvalue weighted by molar-refractivity contribution is -0.117. The normalized spacial score (nSPS) is 19.2. The number of hydrogen-bond acceptors (Lipinski definition) is 6. The number of carbonyl (C=O) groups is 1. The number of likely N-dealkylation sites (N-methyl/N-ethyl adjacent to an activating group) is 1. The SMILES string of the molecule is CN(CC(=O)Nc1ccc2c(c1)OC1(CCCCC1)O2)Cc1ccc(N2CCOCC2)cc1. The molecule has 1 aliphatic carbocycles. The van der Waals surface area contributed by atoms with E-state index in [1.54, 1.807) is 0 Å². The van der Waals surface area contributed by atoms with E-state index in [1.165, 1.54) is 17.7 Å². The fourth-order valence-electron chi connectivity index (χ4n) is 4.91. The first kappa shape index (κ1) is 22.0. The van der Waals surface area contributed by atoms with Crippen LogP contribution in [0.25, 0.3) is 0 Å². The van der Waals surface area contributed by atoms with Gasteiger partial charge in [-0.3, -0.25) is 9.69 Å². The van der Waals surface area contributed by atoms with Gasteiger partial charge in [-0.05, 0) is 49.7 Å². The third-order valence-corrected chi connectivity index (χ3v) is 6.61. The van der Waals surface area contributed by atoms with E-state index in [0.29, 0.717) is 13.1 Å². The van der Waals surface area contributed by atoms with E-state index in [4.69, 9.17) is 14.2 Å². The summed E-state index contributed by atoms with van der Waals surface area (Å²) in [4.78, 5) is 17.0. The largest absolute Gasteiger partial charge is 0.448 e. The number of nitrogens with one attached hydrogen (secondary N) is 1. The van der Waals surface area contributed by atoms with Crippen LogP contribution in [0.1, 0.15) is 37.7 Å². The molecular weight excluding hydrogens is 418 g/mol. The van der Waals surface area contributed by atoms with Crippen LogP contribution in [0, 0.1) is 0 Å². The highest BCUT2D eigenvalue weighted by atomic mass is 16.7. The Hall–Kier alpha value is -2.77. The molecular formula is C26H33N3O4. The van der Waals surface area contributed by atoms with Crippen LogP contribution in [0.15, 0.2) is 42.5 Å². The van der Waals surface area contributed by atoms with Crippen molar-refractivity contribution < 1.29 is 19.0 Å². The topological polar surface area (TPSA) is 63.3 Å². The van der Waals surface area contributed by atoms with Crippen LogP contribution in [0.5, 0.6) is 11.5 Å². The predicted octanol–water partition coefficient (Wildman–Crippen LogP) is 4.03. The van der Waals surface area contributed by atoms with E-state index in [0.717, 1.165) is 69.2 Å². The minimum Gasteiger partial charge on any atom is -0.448 e. The van der Waals surface area contributed by atoms with Crippen molar-refractivity contribution in [2.24, 2.45) is 0 Å². The van der Waals surface area contributed by atoms with E-state index in [2.05, 4.69) is 34.5 Å². The van der Waals surface area contributed by atoms with Crippen molar-refractivity contribution in [3.05, 3.63) is 48.0 Å². The molecule has 1 N–H and O–H groups in total. The van der Waals surface area contributed by atoms with Crippen molar-refractivity contribution in [3.63, 3.8) is 0 Å². The van der Waals surface area contributed by atoms with E-state index in [9.17, 15) is 4.79 Å². The monoisotopic (exact) mass is 451 g/mol. The van der Waals surface area contributed by atoms with Gasteiger partial charge in [0.1, 0.15) is 0 Å². The van der Waals surface area contributed by atoms with Crippen LogP contribution in [0.2, 0.25) is 0 Å². The zero-order chi connectivity index (χ0) is 22.7. The molecule has 2 heterocycles. The zero-order valence-electron chi connectivity index (χ0n) is 19.3.